The Morgan fingerprint density at radius 1 is 0.880 bits per heavy atom. The van der Waals surface area contributed by atoms with E-state index in [1.165, 1.54) is 34.4 Å². The molecule has 2 heteroatoms. The Kier molecular flexibility index (Phi) is 4.46. The van der Waals surface area contributed by atoms with E-state index in [2.05, 4.69) is 90.2 Å². The van der Waals surface area contributed by atoms with Gasteiger partial charge in [-0.1, -0.05) is 59.7 Å². The second-order valence-corrected chi connectivity index (χ2v) is 7.26. The minimum atomic E-state index is 0.318. The summed E-state index contributed by atoms with van der Waals surface area (Å²) in [6, 6.07) is 22.7. The summed E-state index contributed by atoms with van der Waals surface area (Å²) < 4.78 is 2.43. The number of rotatable bonds is 3. The van der Waals surface area contributed by atoms with Crippen molar-refractivity contribution in [3.8, 4) is 0 Å². The Hall–Kier alpha value is -2.32. The summed E-state index contributed by atoms with van der Waals surface area (Å²) in [5.41, 5.74) is 6.88. The van der Waals surface area contributed by atoms with Gasteiger partial charge < -0.3 is 4.57 Å². The fourth-order valence-corrected chi connectivity index (χ4v) is 4.08. The predicted octanol–water partition coefficient (Wildman–Crippen LogP) is 5.10. The zero-order valence-corrected chi connectivity index (χ0v) is 15.2. The van der Waals surface area contributed by atoms with Crippen LogP contribution >= 0.6 is 0 Å². The lowest BCUT2D eigenvalue weighted by molar-refractivity contribution is 0.220. The number of hydrogen-bond acceptors (Lipinski definition) is 1. The molecule has 2 heterocycles. The lowest BCUT2D eigenvalue weighted by Crippen LogP contribution is -2.29. The molecule has 4 rings (SSSR count). The van der Waals surface area contributed by atoms with Crippen molar-refractivity contribution in [2.24, 2.45) is 0 Å². The first-order valence-electron chi connectivity index (χ1n) is 9.22. The maximum atomic E-state index is 2.64. The van der Waals surface area contributed by atoms with Crippen molar-refractivity contribution in [3.05, 3.63) is 94.8 Å². The van der Waals surface area contributed by atoms with Crippen molar-refractivity contribution in [2.75, 3.05) is 6.54 Å². The smallest absolute Gasteiger partial charge is 0.0759 e. The van der Waals surface area contributed by atoms with Crippen molar-refractivity contribution in [2.45, 2.75) is 39.4 Å². The van der Waals surface area contributed by atoms with Crippen LogP contribution in [0.4, 0.5) is 0 Å². The normalized spacial score (nSPS) is 17.9. The fraction of sp³-hybridized carbons (Fsp3) is 0.304. The van der Waals surface area contributed by atoms with Crippen molar-refractivity contribution in [1.29, 1.82) is 0 Å². The molecule has 0 fully saturated rings. The second-order valence-electron chi connectivity index (χ2n) is 7.26. The lowest BCUT2D eigenvalue weighted by atomic mass is 9.99. The largest absolute Gasteiger partial charge is 0.350 e. The maximum absolute atomic E-state index is 2.64. The molecule has 0 aliphatic carbocycles. The molecule has 2 aromatic carbocycles. The molecule has 0 saturated heterocycles. The Morgan fingerprint density at radius 2 is 1.68 bits per heavy atom. The summed E-state index contributed by atoms with van der Waals surface area (Å²) in [6.07, 6.45) is 3.42. The van der Waals surface area contributed by atoms with Gasteiger partial charge in [-0.3, -0.25) is 4.90 Å². The first-order valence-corrected chi connectivity index (χ1v) is 9.22. The van der Waals surface area contributed by atoms with Crippen LogP contribution in [0, 0.1) is 13.8 Å². The van der Waals surface area contributed by atoms with Gasteiger partial charge in [-0.05, 0) is 43.5 Å². The average Bonchev–Trinajstić information content (AvgIpc) is 2.96. The van der Waals surface area contributed by atoms with Crippen LogP contribution in [-0.2, 0) is 13.1 Å². The Labute approximate surface area is 150 Å². The third-order valence-corrected chi connectivity index (χ3v) is 5.18. The summed E-state index contributed by atoms with van der Waals surface area (Å²) in [5.74, 6) is 0. The molecule has 1 aliphatic rings. The van der Waals surface area contributed by atoms with Crippen LogP contribution < -0.4 is 0 Å². The highest BCUT2D eigenvalue weighted by atomic mass is 15.2. The summed E-state index contributed by atoms with van der Waals surface area (Å²) >= 11 is 0. The van der Waals surface area contributed by atoms with Gasteiger partial charge in [0, 0.05) is 31.5 Å². The van der Waals surface area contributed by atoms with E-state index in [0.29, 0.717) is 6.04 Å². The van der Waals surface area contributed by atoms with E-state index in [1.54, 1.807) is 0 Å². The Morgan fingerprint density at radius 3 is 2.48 bits per heavy atom. The summed E-state index contributed by atoms with van der Waals surface area (Å²) in [7, 11) is 0. The molecule has 1 aromatic heterocycles. The van der Waals surface area contributed by atoms with Crippen molar-refractivity contribution in [1.82, 2.24) is 9.47 Å². The van der Waals surface area contributed by atoms with E-state index in [4.69, 9.17) is 0 Å². The molecule has 0 spiro atoms. The standard InChI is InChI=1S/C23H26N2/c1-18-7-3-9-20(15-18)17-25-14-6-13-24-12-5-11-22(24)23(25)21-10-4-8-19(2)16-21/h3-5,7-12,15-16,23H,6,13-14,17H2,1-2H3/t23-/m0/s1. The molecule has 25 heavy (non-hydrogen) atoms. The zero-order valence-electron chi connectivity index (χ0n) is 15.2. The number of nitrogens with zero attached hydrogens (tertiary/aromatic N) is 2. The SMILES string of the molecule is Cc1cccc(CN2CCCn3cccc3[C@@H]2c2cccc(C)c2)c1. The van der Waals surface area contributed by atoms with Gasteiger partial charge in [-0.2, -0.15) is 0 Å². The second kappa shape index (κ2) is 6.89. The number of hydrogen-bond donors (Lipinski definition) is 0. The van der Waals surface area contributed by atoms with Gasteiger partial charge in [0.15, 0.2) is 0 Å². The molecule has 0 amide bonds. The first-order chi connectivity index (χ1) is 12.2. The molecule has 0 radical (unpaired) electrons. The average molecular weight is 330 g/mol. The number of aryl methyl sites for hydroxylation is 3. The van der Waals surface area contributed by atoms with E-state index in [0.717, 1.165) is 19.6 Å². The van der Waals surface area contributed by atoms with Crippen LogP contribution in [0.2, 0.25) is 0 Å². The molecule has 0 N–H and O–H groups in total. The Balaban J connectivity index is 1.75. The molecule has 3 aromatic rings. The molecule has 1 aliphatic heterocycles. The minimum absolute atomic E-state index is 0.318. The van der Waals surface area contributed by atoms with Gasteiger partial charge in [0.05, 0.1) is 6.04 Å². The highest BCUT2D eigenvalue weighted by molar-refractivity contribution is 5.33. The maximum Gasteiger partial charge on any atom is 0.0759 e. The van der Waals surface area contributed by atoms with Crippen molar-refractivity contribution >= 4 is 0 Å². The van der Waals surface area contributed by atoms with E-state index < -0.39 is 0 Å². The molecular weight excluding hydrogens is 304 g/mol. The lowest BCUT2D eigenvalue weighted by Gasteiger charge is -2.31. The monoisotopic (exact) mass is 330 g/mol. The van der Waals surface area contributed by atoms with Crippen molar-refractivity contribution in [3.63, 3.8) is 0 Å². The molecule has 1 atom stereocenters. The Bertz CT molecular complexity index is 862. The van der Waals surface area contributed by atoms with E-state index in [1.807, 2.05) is 0 Å². The topological polar surface area (TPSA) is 8.17 Å². The number of fused-ring (bicyclic) bond motifs is 1. The quantitative estimate of drug-likeness (QED) is 0.648. The third kappa shape index (κ3) is 3.40. The zero-order chi connectivity index (χ0) is 17.2. The van der Waals surface area contributed by atoms with Crippen molar-refractivity contribution < 1.29 is 0 Å². The molecule has 0 saturated carbocycles. The van der Waals surface area contributed by atoms with Crippen LogP contribution in [-0.4, -0.2) is 16.0 Å². The molecule has 0 unspecified atom stereocenters. The minimum Gasteiger partial charge on any atom is -0.350 e. The first kappa shape index (κ1) is 16.2. The van der Waals surface area contributed by atoms with Crippen LogP contribution in [0.3, 0.4) is 0 Å². The summed E-state index contributed by atoms with van der Waals surface area (Å²) in [6.45, 7) is 7.58. The molecule has 2 nitrogen and oxygen atoms in total. The summed E-state index contributed by atoms with van der Waals surface area (Å²) in [5, 5.41) is 0. The van der Waals surface area contributed by atoms with Gasteiger partial charge in [-0.15, -0.1) is 0 Å². The van der Waals surface area contributed by atoms with Crippen LogP contribution in [0.5, 0.6) is 0 Å². The van der Waals surface area contributed by atoms with Crippen LogP contribution in [0.1, 0.15) is 40.4 Å². The van der Waals surface area contributed by atoms with Crippen LogP contribution in [0.25, 0.3) is 0 Å². The van der Waals surface area contributed by atoms with Crippen LogP contribution in [0.15, 0.2) is 66.9 Å². The summed E-state index contributed by atoms with van der Waals surface area (Å²) in [4.78, 5) is 2.64. The number of aromatic nitrogens is 1. The third-order valence-electron chi connectivity index (χ3n) is 5.18. The molecule has 128 valence electrons. The molecular formula is C23H26N2. The fourth-order valence-electron chi connectivity index (χ4n) is 4.08. The number of benzene rings is 2. The highest BCUT2D eigenvalue weighted by Gasteiger charge is 2.27. The highest BCUT2D eigenvalue weighted by Crippen LogP contribution is 2.33. The molecule has 0 bridgehead atoms. The van der Waals surface area contributed by atoms with Gasteiger partial charge in [0.1, 0.15) is 0 Å². The van der Waals surface area contributed by atoms with Gasteiger partial charge in [0.2, 0.25) is 0 Å². The van der Waals surface area contributed by atoms with E-state index in [9.17, 15) is 0 Å². The van der Waals surface area contributed by atoms with E-state index >= 15 is 0 Å². The predicted molar refractivity (Wildman–Crippen MR) is 104 cm³/mol. The van der Waals surface area contributed by atoms with Gasteiger partial charge in [-0.25, -0.2) is 0 Å². The van der Waals surface area contributed by atoms with E-state index in [-0.39, 0.29) is 0 Å². The van der Waals surface area contributed by atoms with Gasteiger partial charge in [0.25, 0.3) is 0 Å². The van der Waals surface area contributed by atoms with Gasteiger partial charge >= 0.3 is 0 Å².